The topological polar surface area (TPSA) is 122 Å². The number of nitro groups is 1. The second kappa shape index (κ2) is 9.55. The molecule has 1 atom stereocenters. The third kappa shape index (κ3) is 5.56. The van der Waals surface area contributed by atoms with E-state index in [9.17, 15) is 23.6 Å². The van der Waals surface area contributed by atoms with Gasteiger partial charge in [0, 0.05) is 18.7 Å². The van der Waals surface area contributed by atoms with Gasteiger partial charge in [-0.25, -0.2) is 13.1 Å². The summed E-state index contributed by atoms with van der Waals surface area (Å²) in [5.74, 6) is 0.587. The van der Waals surface area contributed by atoms with E-state index >= 15 is 0 Å². The van der Waals surface area contributed by atoms with Crippen LogP contribution in [-0.2, 0) is 10.0 Å². The van der Waals surface area contributed by atoms with Crippen molar-refractivity contribution in [2.75, 3.05) is 11.9 Å². The predicted octanol–water partition coefficient (Wildman–Crippen LogP) is 3.60. The van der Waals surface area contributed by atoms with Crippen LogP contribution in [0.1, 0.15) is 44.3 Å². The molecule has 1 saturated carbocycles. The van der Waals surface area contributed by atoms with Gasteiger partial charge in [-0.1, -0.05) is 37.3 Å². The van der Waals surface area contributed by atoms with Crippen LogP contribution in [0.2, 0.25) is 0 Å². The van der Waals surface area contributed by atoms with E-state index in [4.69, 9.17) is 0 Å². The minimum absolute atomic E-state index is 0.0511. The minimum atomic E-state index is -3.86. The number of nitro benzene ring substituents is 1. The third-order valence-electron chi connectivity index (χ3n) is 5.48. The number of aliphatic hydroxyl groups excluding tert-OH is 1. The van der Waals surface area contributed by atoms with Crippen LogP contribution in [0.15, 0.2) is 53.4 Å². The molecule has 0 aromatic heterocycles. The molecule has 0 unspecified atom stereocenters. The van der Waals surface area contributed by atoms with E-state index in [1.54, 1.807) is 24.3 Å². The number of anilines is 1. The number of sulfonamides is 1. The highest BCUT2D eigenvalue weighted by atomic mass is 32.2. The highest BCUT2D eigenvalue weighted by molar-refractivity contribution is 7.89. The van der Waals surface area contributed by atoms with Gasteiger partial charge in [0.15, 0.2) is 0 Å². The fourth-order valence-electron chi connectivity index (χ4n) is 3.64. The molecule has 0 heterocycles. The second-order valence-corrected chi connectivity index (χ2v) is 9.54. The molecule has 0 bridgehead atoms. The van der Waals surface area contributed by atoms with E-state index in [0.717, 1.165) is 31.7 Å². The van der Waals surface area contributed by atoms with Crippen LogP contribution in [0.25, 0.3) is 0 Å². The van der Waals surface area contributed by atoms with Crippen LogP contribution >= 0.6 is 0 Å². The molecule has 0 saturated heterocycles. The predicted molar refractivity (Wildman–Crippen MR) is 115 cm³/mol. The third-order valence-corrected chi connectivity index (χ3v) is 7.00. The van der Waals surface area contributed by atoms with Gasteiger partial charge in [0.05, 0.1) is 15.9 Å². The summed E-state index contributed by atoms with van der Waals surface area (Å²) in [6.07, 6.45) is 2.59. The highest BCUT2D eigenvalue weighted by Gasteiger charge is 2.26. The second-order valence-electron chi connectivity index (χ2n) is 7.82. The van der Waals surface area contributed by atoms with Gasteiger partial charge in [0.1, 0.15) is 5.69 Å². The Morgan fingerprint density at radius 3 is 2.43 bits per heavy atom. The SMILES string of the molecule is CC1CCC(NS(=O)(=O)c2ccc(NC[C@H](O)c3ccccc3)c([N+](=O)[O-])c2)CC1. The number of benzene rings is 2. The molecule has 8 nitrogen and oxygen atoms in total. The summed E-state index contributed by atoms with van der Waals surface area (Å²) < 4.78 is 28.1. The quantitative estimate of drug-likeness (QED) is 0.432. The first-order chi connectivity index (χ1) is 14.3. The first-order valence-electron chi connectivity index (χ1n) is 10.0. The molecule has 3 rings (SSSR count). The van der Waals surface area contributed by atoms with Gasteiger partial charge in [-0.2, -0.15) is 0 Å². The number of hydrogen-bond donors (Lipinski definition) is 3. The maximum atomic E-state index is 12.7. The van der Waals surface area contributed by atoms with E-state index in [1.165, 1.54) is 12.1 Å². The Morgan fingerprint density at radius 1 is 1.13 bits per heavy atom. The summed E-state index contributed by atoms with van der Waals surface area (Å²) in [7, 11) is -3.86. The van der Waals surface area contributed by atoms with Crippen LogP contribution in [0, 0.1) is 16.0 Å². The first kappa shape index (κ1) is 22.2. The average molecular weight is 434 g/mol. The monoisotopic (exact) mass is 433 g/mol. The van der Waals surface area contributed by atoms with Crippen molar-refractivity contribution in [2.24, 2.45) is 5.92 Å². The number of nitrogens with one attached hydrogen (secondary N) is 2. The summed E-state index contributed by atoms with van der Waals surface area (Å²) in [5, 5.41) is 24.6. The standard InChI is InChI=1S/C21H27N3O5S/c1-15-7-9-17(10-8-15)23-30(28,29)18-11-12-19(20(13-18)24(26)27)22-14-21(25)16-5-3-2-4-6-16/h2-6,11-13,15,17,21-23,25H,7-10,14H2,1H3/t15?,17?,21-/m0/s1. The van der Waals surface area contributed by atoms with E-state index < -0.39 is 21.1 Å². The lowest BCUT2D eigenvalue weighted by Crippen LogP contribution is -2.37. The molecule has 2 aromatic rings. The van der Waals surface area contributed by atoms with Crippen molar-refractivity contribution in [1.29, 1.82) is 0 Å². The molecule has 0 aliphatic heterocycles. The van der Waals surface area contributed by atoms with Crippen LogP contribution in [-0.4, -0.2) is 31.0 Å². The molecule has 0 spiro atoms. The van der Waals surface area contributed by atoms with Gasteiger partial charge >= 0.3 is 0 Å². The van der Waals surface area contributed by atoms with Gasteiger partial charge in [-0.05, 0) is 49.3 Å². The summed E-state index contributed by atoms with van der Waals surface area (Å²) in [6.45, 7) is 2.20. The lowest BCUT2D eigenvalue weighted by molar-refractivity contribution is -0.384. The van der Waals surface area contributed by atoms with Crippen LogP contribution in [0.4, 0.5) is 11.4 Å². The molecule has 2 aromatic carbocycles. The Labute approximate surface area is 176 Å². The molecular formula is C21H27N3O5S. The Kier molecular flexibility index (Phi) is 7.06. The lowest BCUT2D eigenvalue weighted by Gasteiger charge is -2.26. The maximum absolute atomic E-state index is 12.7. The normalized spacial score (nSPS) is 20.5. The summed E-state index contributed by atoms with van der Waals surface area (Å²) in [4.78, 5) is 10.8. The summed E-state index contributed by atoms with van der Waals surface area (Å²) >= 11 is 0. The lowest BCUT2D eigenvalue weighted by atomic mass is 9.88. The fraction of sp³-hybridized carbons (Fsp3) is 0.429. The molecule has 9 heteroatoms. The largest absolute Gasteiger partial charge is 0.387 e. The Morgan fingerprint density at radius 2 is 1.80 bits per heavy atom. The van der Waals surface area contributed by atoms with E-state index in [2.05, 4.69) is 17.0 Å². The fourth-order valence-corrected chi connectivity index (χ4v) is 4.97. The van der Waals surface area contributed by atoms with Crippen molar-refractivity contribution in [2.45, 2.75) is 49.6 Å². The maximum Gasteiger partial charge on any atom is 0.293 e. The van der Waals surface area contributed by atoms with Crippen LogP contribution in [0.3, 0.4) is 0 Å². The molecule has 0 amide bonds. The first-order valence-corrected chi connectivity index (χ1v) is 11.5. The smallest absolute Gasteiger partial charge is 0.293 e. The van der Waals surface area contributed by atoms with E-state index in [-0.39, 0.29) is 28.9 Å². The van der Waals surface area contributed by atoms with Gasteiger partial charge in [0.2, 0.25) is 10.0 Å². The zero-order valence-electron chi connectivity index (χ0n) is 16.8. The molecular weight excluding hydrogens is 406 g/mol. The molecule has 0 radical (unpaired) electrons. The average Bonchev–Trinajstić information content (AvgIpc) is 2.74. The van der Waals surface area contributed by atoms with Crippen molar-refractivity contribution in [3.63, 3.8) is 0 Å². The minimum Gasteiger partial charge on any atom is -0.387 e. The van der Waals surface area contributed by atoms with Crippen LogP contribution < -0.4 is 10.0 Å². The number of hydrogen-bond acceptors (Lipinski definition) is 6. The van der Waals surface area contributed by atoms with Crippen molar-refractivity contribution < 1.29 is 18.4 Å². The number of aliphatic hydroxyl groups is 1. The van der Waals surface area contributed by atoms with Crippen molar-refractivity contribution >= 4 is 21.4 Å². The number of rotatable bonds is 8. The molecule has 1 aliphatic rings. The highest BCUT2D eigenvalue weighted by Crippen LogP contribution is 2.30. The molecule has 30 heavy (non-hydrogen) atoms. The van der Waals surface area contributed by atoms with Gasteiger partial charge in [0.25, 0.3) is 5.69 Å². The summed E-state index contributed by atoms with van der Waals surface area (Å²) in [6, 6.07) is 12.6. The molecule has 1 aliphatic carbocycles. The van der Waals surface area contributed by atoms with Crippen molar-refractivity contribution in [3.8, 4) is 0 Å². The summed E-state index contributed by atoms with van der Waals surface area (Å²) in [5.41, 5.74) is 0.480. The molecule has 1 fully saturated rings. The van der Waals surface area contributed by atoms with Gasteiger partial charge < -0.3 is 10.4 Å². The Hall–Kier alpha value is -2.49. The molecule has 3 N–H and O–H groups in total. The zero-order chi connectivity index (χ0) is 21.7. The van der Waals surface area contributed by atoms with Gasteiger partial charge in [-0.15, -0.1) is 0 Å². The van der Waals surface area contributed by atoms with Crippen molar-refractivity contribution in [1.82, 2.24) is 4.72 Å². The van der Waals surface area contributed by atoms with Gasteiger partial charge in [-0.3, -0.25) is 10.1 Å². The Bertz CT molecular complexity index is 973. The van der Waals surface area contributed by atoms with E-state index in [1.807, 2.05) is 6.07 Å². The Balaban J connectivity index is 1.73. The van der Waals surface area contributed by atoms with Crippen LogP contribution in [0.5, 0.6) is 0 Å². The zero-order valence-corrected chi connectivity index (χ0v) is 17.6. The number of nitrogens with zero attached hydrogens (tertiary/aromatic N) is 1. The van der Waals surface area contributed by atoms with E-state index in [0.29, 0.717) is 11.5 Å². The molecule has 162 valence electrons. The van der Waals surface area contributed by atoms with Crippen molar-refractivity contribution in [3.05, 3.63) is 64.2 Å².